The third-order valence-corrected chi connectivity index (χ3v) is 4.49. The number of hydrogen-bond donors (Lipinski definition) is 1. The van der Waals surface area contributed by atoms with E-state index < -0.39 is 6.10 Å². The Labute approximate surface area is 144 Å². The molecule has 1 aliphatic heterocycles. The molecule has 3 aromatic rings. The van der Waals surface area contributed by atoms with Gasteiger partial charge in [0.1, 0.15) is 5.82 Å². The van der Waals surface area contributed by atoms with Gasteiger partial charge in [0.05, 0.1) is 18.3 Å². The summed E-state index contributed by atoms with van der Waals surface area (Å²) in [6, 6.07) is 16.1. The summed E-state index contributed by atoms with van der Waals surface area (Å²) in [5.41, 5.74) is 1.74. The van der Waals surface area contributed by atoms with Crippen LogP contribution in [0.5, 0.6) is 0 Å². The molecule has 1 fully saturated rings. The minimum absolute atomic E-state index is 0.0633. The molecule has 128 valence electrons. The van der Waals surface area contributed by atoms with Gasteiger partial charge in [0.2, 0.25) is 0 Å². The topological polar surface area (TPSA) is 67.1 Å². The first-order chi connectivity index (χ1) is 12.2. The average molecular weight is 339 g/mol. The van der Waals surface area contributed by atoms with Gasteiger partial charge in [-0.25, -0.2) is 4.39 Å². The Balaban J connectivity index is 1.61. The molecule has 2 aromatic carbocycles. The standard InChI is InChI=1S/C18H18FN5O/c19-14-6-4-5-13(9-14)17-10-16(25)11-23(17)12-18-20-21-22-24(18)15-7-2-1-3-8-15/h1-9,16-17,25H,10-12H2. The fourth-order valence-electron chi connectivity index (χ4n) is 3.37. The van der Waals surface area contributed by atoms with Gasteiger partial charge in [-0.3, -0.25) is 4.90 Å². The van der Waals surface area contributed by atoms with Crippen molar-refractivity contribution in [3.05, 3.63) is 71.8 Å². The molecule has 4 rings (SSSR count). The number of hydrogen-bond acceptors (Lipinski definition) is 5. The number of aromatic nitrogens is 4. The highest BCUT2D eigenvalue weighted by Crippen LogP contribution is 2.33. The number of benzene rings is 2. The molecule has 1 N–H and O–H groups in total. The highest BCUT2D eigenvalue weighted by molar-refractivity contribution is 5.30. The minimum atomic E-state index is -0.450. The van der Waals surface area contributed by atoms with E-state index in [0.717, 1.165) is 11.3 Å². The summed E-state index contributed by atoms with van der Waals surface area (Å²) in [5.74, 6) is 0.412. The Morgan fingerprint density at radius 1 is 1.12 bits per heavy atom. The maximum absolute atomic E-state index is 13.6. The zero-order chi connectivity index (χ0) is 17.2. The van der Waals surface area contributed by atoms with E-state index in [2.05, 4.69) is 20.4 Å². The van der Waals surface area contributed by atoms with Crippen molar-refractivity contribution in [1.82, 2.24) is 25.1 Å². The van der Waals surface area contributed by atoms with Crippen LogP contribution in [0.25, 0.3) is 5.69 Å². The van der Waals surface area contributed by atoms with Crippen LogP contribution in [0.15, 0.2) is 54.6 Å². The number of rotatable bonds is 4. The molecule has 2 heterocycles. The molecule has 6 nitrogen and oxygen atoms in total. The second-order valence-electron chi connectivity index (χ2n) is 6.23. The van der Waals surface area contributed by atoms with E-state index in [-0.39, 0.29) is 11.9 Å². The number of β-amino-alcohol motifs (C(OH)–C–C–N with tert-alkyl or cyclic N) is 1. The van der Waals surface area contributed by atoms with E-state index in [9.17, 15) is 9.50 Å². The third-order valence-electron chi connectivity index (χ3n) is 4.49. The lowest BCUT2D eigenvalue weighted by Gasteiger charge is -2.23. The molecule has 0 radical (unpaired) electrons. The summed E-state index contributed by atoms with van der Waals surface area (Å²) in [6.07, 6.45) is 0.116. The molecule has 0 aliphatic carbocycles. The van der Waals surface area contributed by atoms with Gasteiger partial charge < -0.3 is 5.11 Å². The molecule has 2 atom stereocenters. The van der Waals surface area contributed by atoms with E-state index in [4.69, 9.17) is 0 Å². The summed E-state index contributed by atoms with van der Waals surface area (Å²) >= 11 is 0. The lowest BCUT2D eigenvalue weighted by atomic mass is 10.0. The van der Waals surface area contributed by atoms with Crippen LogP contribution in [0, 0.1) is 5.82 Å². The second-order valence-corrected chi connectivity index (χ2v) is 6.23. The number of aliphatic hydroxyl groups is 1. The van der Waals surface area contributed by atoms with Gasteiger partial charge in [0.15, 0.2) is 5.82 Å². The first-order valence-corrected chi connectivity index (χ1v) is 8.21. The largest absolute Gasteiger partial charge is 0.392 e. The van der Waals surface area contributed by atoms with Gasteiger partial charge in [-0.15, -0.1) is 5.10 Å². The van der Waals surface area contributed by atoms with Gasteiger partial charge in [0, 0.05) is 12.6 Å². The normalized spacial score (nSPS) is 20.9. The number of likely N-dealkylation sites (tertiary alicyclic amines) is 1. The van der Waals surface area contributed by atoms with E-state index in [1.54, 1.807) is 10.7 Å². The monoisotopic (exact) mass is 339 g/mol. The van der Waals surface area contributed by atoms with Crippen molar-refractivity contribution < 1.29 is 9.50 Å². The molecule has 2 unspecified atom stereocenters. The Kier molecular flexibility index (Phi) is 4.25. The molecule has 1 aliphatic rings. The molecule has 7 heteroatoms. The van der Waals surface area contributed by atoms with Gasteiger partial charge >= 0.3 is 0 Å². The molecular weight excluding hydrogens is 321 g/mol. The maximum atomic E-state index is 13.6. The van der Waals surface area contributed by atoms with Gasteiger partial charge in [-0.2, -0.15) is 4.68 Å². The van der Waals surface area contributed by atoms with Crippen LogP contribution in [0.2, 0.25) is 0 Å². The molecule has 0 saturated carbocycles. The van der Waals surface area contributed by atoms with Crippen LogP contribution >= 0.6 is 0 Å². The van der Waals surface area contributed by atoms with E-state index in [0.29, 0.717) is 25.3 Å². The predicted molar refractivity (Wildman–Crippen MR) is 89.3 cm³/mol. The van der Waals surface area contributed by atoms with Gasteiger partial charge in [0.25, 0.3) is 0 Å². The van der Waals surface area contributed by atoms with Crippen LogP contribution in [0.1, 0.15) is 23.9 Å². The van der Waals surface area contributed by atoms with Crippen LogP contribution in [-0.2, 0) is 6.54 Å². The fourth-order valence-corrected chi connectivity index (χ4v) is 3.37. The summed E-state index contributed by atoms with van der Waals surface area (Å²) in [7, 11) is 0. The zero-order valence-corrected chi connectivity index (χ0v) is 13.5. The Hall–Kier alpha value is -2.64. The summed E-state index contributed by atoms with van der Waals surface area (Å²) < 4.78 is 15.3. The van der Waals surface area contributed by atoms with Gasteiger partial charge in [-0.05, 0) is 46.7 Å². The lowest BCUT2D eigenvalue weighted by Crippen LogP contribution is -2.26. The van der Waals surface area contributed by atoms with Crippen molar-refractivity contribution in [2.45, 2.75) is 25.1 Å². The van der Waals surface area contributed by atoms with E-state index >= 15 is 0 Å². The summed E-state index contributed by atoms with van der Waals surface area (Å²) in [5, 5.41) is 22.1. The Morgan fingerprint density at radius 3 is 2.76 bits per heavy atom. The molecule has 0 spiro atoms. The smallest absolute Gasteiger partial charge is 0.170 e. The van der Waals surface area contributed by atoms with Crippen molar-refractivity contribution >= 4 is 0 Å². The lowest BCUT2D eigenvalue weighted by molar-refractivity contribution is 0.171. The Bertz CT molecular complexity index is 853. The summed E-state index contributed by atoms with van der Waals surface area (Å²) in [4.78, 5) is 2.09. The first kappa shape index (κ1) is 15.9. The number of nitrogens with zero attached hydrogens (tertiary/aromatic N) is 5. The quantitative estimate of drug-likeness (QED) is 0.788. The second kappa shape index (κ2) is 6.70. The number of tetrazole rings is 1. The number of halogens is 1. The van der Waals surface area contributed by atoms with Crippen molar-refractivity contribution in [3.63, 3.8) is 0 Å². The van der Waals surface area contributed by atoms with Crippen molar-refractivity contribution in [2.24, 2.45) is 0 Å². The number of para-hydroxylation sites is 1. The van der Waals surface area contributed by atoms with E-state index in [1.807, 2.05) is 36.4 Å². The SMILES string of the molecule is OC1CC(c2cccc(F)c2)N(Cc2nnnn2-c2ccccc2)C1. The minimum Gasteiger partial charge on any atom is -0.392 e. The summed E-state index contributed by atoms with van der Waals surface area (Å²) in [6.45, 7) is 0.975. The molecule has 0 bridgehead atoms. The average Bonchev–Trinajstić information content (AvgIpc) is 3.22. The predicted octanol–water partition coefficient (Wildman–Crippen LogP) is 2.11. The van der Waals surface area contributed by atoms with Crippen LogP contribution in [0.3, 0.4) is 0 Å². The van der Waals surface area contributed by atoms with Gasteiger partial charge in [-0.1, -0.05) is 30.3 Å². The third kappa shape index (κ3) is 3.29. The van der Waals surface area contributed by atoms with Crippen molar-refractivity contribution in [3.8, 4) is 5.69 Å². The molecule has 1 saturated heterocycles. The van der Waals surface area contributed by atoms with Crippen LogP contribution in [0.4, 0.5) is 4.39 Å². The fraction of sp³-hybridized carbons (Fsp3) is 0.278. The van der Waals surface area contributed by atoms with Crippen LogP contribution < -0.4 is 0 Å². The molecule has 25 heavy (non-hydrogen) atoms. The molecule has 0 amide bonds. The first-order valence-electron chi connectivity index (χ1n) is 8.21. The van der Waals surface area contributed by atoms with Crippen molar-refractivity contribution in [2.75, 3.05) is 6.54 Å². The number of aliphatic hydroxyl groups excluding tert-OH is 1. The molecular formula is C18H18FN5O. The van der Waals surface area contributed by atoms with E-state index in [1.165, 1.54) is 12.1 Å². The zero-order valence-electron chi connectivity index (χ0n) is 13.5. The maximum Gasteiger partial charge on any atom is 0.170 e. The van der Waals surface area contributed by atoms with Crippen molar-refractivity contribution in [1.29, 1.82) is 0 Å². The van der Waals surface area contributed by atoms with Crippen LogP contribution in [-0.4, -0.2) is 42.9 Å². The Morgan fingerprint density at radius 2 is 1.96 bits per heavy atom. The highest BCUT2D eigenvalue weighted by atomic mass is 19.1. The molecule has 1 aromatic heterocycles. The highest BCUT2D eigenvalue weighted by Gasteiger charge is 2.33.